The van der Waals surface area contributed by atoms with E-state index < -0.39 is 33.4 Å². The van der Waals surface area contributed by atoms with Crippen molar-refractivity contribution in [1.82, 2.24) is 4.98 Å². The Labute approximate surface area is 123 Å². The first-order chi connectivity index (χ1) is 8.88. The van der Waals surface area contributed by atoms with Crippen LogP contribution < -0.4 is 5.32 Å². The summed E-state index contributed by atoms with van der Waals surface area (Å²) in [6.45, 7) is 1.65. The molecule has 0 saturated heterocycles. The van der Waals surface area contributed by atoms with Crippen LogP contribution in [-0.2, 0) is 9.53 Å². The van der Waals surface area contributed by atoms with E-state index in [-0.39, 0.29) is 12.2 Å². The SMILES string of the molecule is CCOC(=O)c1cnc(Cl)c(F)c1NC(=O)C(Cl)Cl. The van der Waals surface area contributed by atoms with Crippen molar-refractivity contribution in [3.8, 4) is 0 Å². The molecule has 0 atom stereocenters. The Morgan fingerprint density at radius 1 is 1.53 bits per heavy atom. The topological polar surface area (TPSA) is 68.3 Å². The second kappa shape index (κ2) is 6.88. The molecule has 1 aromatic heterocycles. The number of aromatic nitrogens is 1. The maximum Gasteiger partial charge on any atom is 0.341 e. The van der Waals surface area contributed by atoms with E-state index in [9.17, 15) is 14.0 Å². The van der Waals surface area contributed by atoms with Gasteiger partial charge in [0.05, 0.1) is 12.3 Å². The van der Waals surface area contributed by atoms with Gasteiger partial charge >= 0.3 is 5.97 Å². The van der Waals surface area contributed by atoms with Crippen molar-refractivity contribution in [3.63, 3.8) is 0 Å². The fraction of sp³-hybridized carbons (Fsp3) is 0.300. The zero-order valence-electron chi connectivity index (χ0n) is 9.55. The molecule has 19 heavy (non-hydrogen) atoms. The summed E-state index contributed by atoms with van der Waals surface area (Å²) >= 11 is 16.1. The number of nitrogens with one attached hydrogen (secondary N) is 1. The predicted octanol–water partition coefficient (Wildman–Crippen LogP) is 2.79. The highest BCUT2D eigenvalue weighted by molar-refractivity contribution is 6.54. The highest BCUT2D eigenvalue weighted by atomic mass is 35.5. The molecule has 0 spiro atoms. The van der Waals surface area contributed by atoms with Crippen LogP contribution in [0.15, 0.2) is 6.20 Å². The molecule has 5 nitrogen and oxygen atoms in total. The summed E-state index contributed by atoms with van der Waals surface area (Å²) in [5.74, 6) is -2.84. The average Bonchev–Trinajstić information content (AvgIpc) is 2.35. The Bertz CT molecular complexity index is 511. The van der Waals surface area contributed by atoms with Gasteiger partial charge in [-0.3, -0.25) is 4.79 Å². The van der Waals surface area contributed by atoms with Crippen LogP contribution in [0.2, 0.25) is 5.15 Å². The predicted molar refractivity (Wildman–Crippen MR) is 69.3 cm³/mol. The number of rotatable bonds is 4. The van der Waals surface area contributed by atoms with Gasteiger partial charge in [-0.2, -0.15) is 0 Å². The molecule has 0 unspecified atom stereocenters. The van der Waals surface area contributed by atoms with Crippen LogP contribution in [0.5, 0.6) is 0 Å². The number of halogens is 4. The fourth-order valence-electron chi connectivity index (χ4n) is 1.13. The molecule has 1 amide bonds. The maximum atomic E-state index is 13.8. The van der Waals surface area contributed by atoms with Gasteiger partial charge in [-0.1, -0.05) is 34.8 Å². The standard InChI is InChI=1S/C10H8Cl3FN2O3/c1-2-19-10(18)4-3-15-8(13)5(14)6(4)16-9(17)7(11)12/h3,7H,2H2,1H3,(H,15,16,17). The molecule has 0 aromatic carbocycles. The van der Waals surface area contributed by atoms with E-state index in [1.807, 2.05) is 0 Å². The van der Waals surface area contributed by atoms with Crippen LogP contribution in [0.1, 0.15) is 17.3 Å². The zero-order valence-corrected chi connectivity index (χ0v) is 11.8. The van der Waals surface area contributed by atoms with Gasteiger partial charge in [0.25, 0.3) is 5.91 Å². The lowest BCUT2D eigenvalue weighted by atomic mass is 10.2. The zero-order chi connectivity index (χ0) is 14.6. The minimum Gasteiger partial charge on any atom is -0.462 e. The van der Waals surface area contributed by atoms with Gasteiger partial charge in [0.2, 0.25) is 0 Å². The molecule has 0 aliphatic rings. The number of nitrogens with zero attached hydrogens (tertiary/aromatic N) is 1. The number of alkyl halides is 2. The molecule has 1 rings (SSSR count). The lowest BCUT2D eigenvalue weighted by Crippen LogP contribution is -2.22. The Balaban J connectivity index is 3.21. The normalized spacial score (nSPS) is 10.4. The van der Waals surface area contributed by atoms with Crippen LogP contribution in [0, 0.1) is 5.82 Å². The van der Waals surface area contributed by atoms with E-state index in [4.69, 9.17) is 39.5 Å². The van der Waals surface area contributed by atoms with Crippen molar-refractivity contribution in [2.75, 3.05) is 11.9 Å². The summed E-state index contributed by atoms with van der Waals surface area (Å²) in [6, 6.07) is 0. The van der Waals surface area contributed by atoms with Crippen molar-refractivity contribution in [2.45, 2.75) is 11.8 Å². The number of hydrogen-bond acceptors (Lipinski definition) is 4. The molecule has 0 fully saturated rings. The first-order valence-electron chi connectivity index (χ1n) is 4.98. The molecule has 0 saturated carbocycles. The quantitative estimate of drug-likeness (QED) is 0.524. The summed E-state index contributed by atoms with van der Waals surface area (Å²) in [5.41, 5.74) is -0.763. The van der Waals surface area contributed by atoms with Crippen molar-refractivity contribution < 1.29 is 18.7 Å². The molecule has 1 aromatic rings. The third-order valence-corrected chi connectivity index (χ3v) is 2.58. The average molecular weight is 330 g/mol. The first-order valence-corrected chi connectivity index (χ1v) is 6.23. The van der Waals surface area contributed by atoms with Crippen molar-refractivity contribution in [1.29, 1.82) is 0 Å². The van der Waals surface area contributed by atoms with Gasteiger partial charge in [0.15, 0.2) is 15.8 Å². The van der Waals surface area contributed by atoms with Gasteiger partial charge in [-0.15, -0.1) is 0 Å². The Morgan fingerprint density at radius 3 is 2.68 bits per heavy atom. The lowest BCUT2D eigenvalue weighted by molar-refractivity contribution is -0.114. The number of esters is 1. The Morgan fingerprint density at radius 2 is 2.16 bits per heavy atom. The van der Waals surface area contributed by atoms with Gasteiger partial charge in [-0.25, -0.2) is 14.2 Å². The molecular formula is C10H8Cl3FN2O3. The highest BCUT2D eigenvalue weighted by Crippen LogP contribution is 2.26. The Kier molecular flexibility index (Phi) is 5.78. The summed E-state index contributed by atoms with van der Waals surface area (Å²) in [4.78, 5) is 25.0. The van der Waals surface area contributed by atoms with Crippen LogP contribution in [-0.4, -0.2) is 28.3 Å². The van der Waals surface area contributed by atoms with Gasteiger partial charge in [-0.05, 0) is 6.92 Å². The minimum atomic E-state index is -1.43. The molecule has 0 aliphatic heterocycles. The number of carbonyl (C=O) groups is 2. The summed E-state index contributed by atoms with van der Waals surface area (Å²) in [5, 5.41) is 1.55. The molecule has 0 radical (unpaired) electrons. The molecule has 1 N–H and O–H groups in total. The van der Waals surface area contributed by atoms with Gasteiger partial charge < -0.3 is 10.1 Å². The van der Waals surface area contributed by atoms with Crippen LogP contribution >= 0.6 is 34.8 Å². The van der Waals surface area contributed by atoms with Crippen molar-refractivity contribution in [3.05, 3.63) is 22.7 Å². The largest absolute Gasteiger partial charge is 0.462 e. The van der Waals surface area contributed by atoms with E-state index in [2.05, 4.69) is 10.3 Å². The number of carbonyl (C=O) groups excluding carboxylic acids is 2. The molecule has 0 bridgehead atoms. The number of anilines is 1. The molecule has 104 valence electrons. The van der Waals surface area contributed by atoms with Gasteiger partial charge in [0, 0.05) is 6.20 Å². The molecule has 0 aliphatic carbocycles. The third kappa shape index (κ3) is 3.92. The molecule has 9 heteroatoms. The van der Waals surface area contributed by atoms with Gasteiger partial charge in [0.1, 0.15) is 5.56 Å². The van der Waals surface area contributed by atoms with Crippen molar-refractivity contribution in [2.24, 2.45) is 0 Å². The smallest absolute Gasteiger partial charge is 0.341 e. The summed E-state index contributed by atoms with van der Waals surface area (Å²) in [7, 11) is 0. The number of ether oxygens (including phenoxy) is 1. The summed E-state index contributed by atoms with van der Waals surface area (Å²) < 4.78 is 18.5. The van der Waals surface area contributed by atoms with Crippen LogP contribution in [0.3, 0.4) is 0 Å². The van der Waals surface area contributed by atoms with Crippen molar-refractivity contribution >= 4 is 52.4 Å². The maximum absolute atomic E-state index is 13.8. The monoisotopic (exact) mass is 328 g/mol. The molecule has 1 heterocycles. The highest BCUT2D eigenvalue weighted by Gasteiger charge is 2.23. The fourth-order valence-corrected chi connectivity index (χ4v) is 1.38. The van der Waals surface area contributed by atoms with Crippen LogP contribution in [0.4, 0.5) is 10.1 Å². The Hall–Kier alpha value is -1.11. The second-order valence-corrected chi connectivity index (χ2v) is 4.62. The van der Waals surface area contributed by atoms with E-state index in [0.29, 0.717) is 0 Å². The second-order valence-electron chi connectivity index (χ2n) is 3.16. The molecular weight excluding hydrogens is 321 g/mol. The number of pyridine rings is 1. The summed E-state index contributed by atoms with van der Waals surface area (Å²) in [6.07, 6.45) is 0.983. The van der Waals surface area contributed by atoms with E-state index >= 15 is 0 Å². The van der Waals surface area contributed by atoms with Crippen LogP contribution in [0.25, 0.3) is 0 Å². The lowest BCUT2D eigenvalue weighted by Gasteiger charge is -2.12. The van der Waals surface area contributed by atoms with E-state index in [1.54, 1.807) is 6.92 Å². The minimum absolute atomic E-state index is 0.0735. The number of amides is 1. The third-order valence-electron chi connectivity index (χ3n) is 1.92. The van der Waals surface area contributed by atoms with E-state index in [1.165, 1.54) is 0 Å². The van der Waals surface area contributed by atoms with E-state index in [0.717, 1.165) is 6.20 Å². The first kappa shape index (κ1) is 15.9. The number of hydrogen-bond donors (Lipinski definition) is 1.